The number of hydrogen-bond acceptors (Lipinski definition) is 4. The van der Waals surface area contributed by atoms with Crippen molar-refractivity contribution in [2.45, 2.75) is 26.7 Å². The Morgan fingerprint density at radius 2 is 1.80 bits per heavy atom. The molecule has 6 nitrogen and oxygen atoms in total. The SMILES string of the molecule is COC(=O)CN(C)C(=O)C1CCN(C(=O)C(C)C)CC1. The van der Waals surface area contributed by atoms with E-state index >= 15 is 0 Å². The fourth-order valence-electron chi connectivity index (χ4n) is 2.36. The number of carbonyl (C=O) groups excluding carboxylic acids is 3. The van der Waals surface area contributed by atoms with E-state index in [9.17, 15) is 14.4 Å². The molecule has 6 heteroatoms. The predicted octanol–water partition coefficient (Wildman–Crippen LogP) is 0.512. The first-order valence-electron chi connectivity index (χ1n) is 6.97. The van der Waals surface area contributed by atoms with Crippen LogP contribution in [0.5, 0.6) is 0 Å². The van der Waals surface area contributed by atoms with Crippen LogP contribution in [0.3, 0.4) is 0 Å². The van der Waals surface area contributed by atoms with E-state index in [2.05, 4.69) is 4.74 Å². The van der Waals surface area contributed by atoms with Crippen molar-refractivity contribution in [3.63, 3.8) is 0 Å². The molecule has 0 atom stereocenters. The fraction of sp³-hybridized carbons (Fsp3) is 0.786. The number of esters is 1. The van der Waals surface area contributed by atoms with Gasteiger partial charge in [-0.2, -0.15) is 0 Å². The Morgan fingerprint density at radius 3 is 2.25 bits per heavy atom. The quantitative estimate of drug-likeness (QED) is 0.706. The normalized spacial score (nSPS) is 16.1. The Hall–Kier alpha value is -1.59. The van der Waals surface area contributed by atoms with E-state index in [1.807, 2.05) is 18.7 Å². The molecule has 1 aliphatic heterocycles. The Morgan fingerprint density at radius 1 is 1.25 bits per heavy atom. The van der Waals surface area contributed by atoms with Gasteiger partial charge in [-0.1, -0.05) is 13.8 Å². The van der Waals surface area contributed by atoms with Crippen LogP contribution in [-0.4, -0.2) is 61.4 Å². The van der Waals surface area contributed by atoms with E-state index in [4.69, 9.17) is 0 Å². The van der Waals surface area contributed by atoms with Gasteiger partial charge in [-0.25, -0.2) is 0 Å². The zero-order valence-corrected chi connectivity index (χ0v) is 12.7. The zero-order chi connectivity index (χ0) is 15.3. The summed E-state index contributed by atoms with van der Waals surface area (Å²) in [5.41, 5.74) is 0. The lowest BCUT2D eigenvalue weighted by atomic mass is 9.94. The summed E-state index contributed by atoms with van der Waals surface area (Å²) in [6.45, 7) is 4.95. The van der Waals surface area contributed by atoms with E-state index < -0.39 is 5.97 Å². The van der Waals surface area contributed by atoms with Crippen LogP contribution in [0, 0.1) is 11.8 Å². The van der Waals surface area contributed by atoms with Gasteiger partial charge in [0.1, 0.15) is 6.54 Å². The number of likely N-dealkylation sites (tertiary alicyclic amines) is 1. The monoisotopic (exact) mass is 284 g/mol. The summed E-state index contributed by atoms with van der Waals surface area (Å²) in [5.74, 6) is -0.454. The molecular weight excluding hydrogens is 260 g/mol. The molecule has 0 bridgehead atoms. The molecule has 1 heterocycles. The van der Waals surface area contributed by atoms with Gasteiger partial charge in [-0.05, 0) is 12.8 Å². The molecular formula is C14H24N2O4. The number of piperidine rings is 1. The molecule has 0 unspecified atom stereocenters. The average Bonchev–Trinajstić information content (AvgIpc) is 2.45. The van der Waals surface area contributed by atoms with Gasteiger partial charge in [0.25, 0.3) is 0 Å². The van der Waals surface area contributed by atoms with Crippen molar-refractivity contribution in [1.82, 2.24) is 9.80 Å². The van der Waals surface area contributed by atoms with Gasteiger partial charge in [0.15, 0.2) is 0 Å². The van der Waals surface area contributed by atoms with E-state index in [1.54, 1.807) is 7.05 Å². The minimum Gasteiger partial charge on any atom is -0.468 e. The second kappa shape index (κ2) is 7.26. The lowest BCUT2D eigenvalue weighted by Crippen LogP contribution is -2.45. The Balaban J connectivity index is 2.46. The molecule has 20 heavy (non-hydrogen) atoms. The number of methoxy groups -OCH3 is 1. The number of nitrogens with zero attached hydrogens (tertiary/aromatic N) is 2. The van der Waals surface area contributed by atoms with Gasteiger partial charge in [-0.3, -0.25) is 14.4 Å². The first kappa shape index (κ1) is 16.5. The summed E-state index contributed by atoms with van der Waals surface area (Å²) in [6.07, 6.45) is 1.31. The fourth-order valence-corrected chi connectivity index (χ4v) is 2.36. The van der Waals surface area contributed by atoms with Gasteiger partial charge in [0, 0.05) is 32.0 Å². The molecule has 1 rings (SSSR count). The first-order chi connectivity index (χ1) is 9.36. The Bertz CT molecular complexity index is 373. The molecule has 0 aromatic carbocycles. The van der Waals surface area contributed by atoms with E-state index in [1.165, 1.54) is 12.0 Å². The van der Waals surface area contributed by atoms with Crippen LogP contribution < -0.4 is 0 Å². The molecule has 1 aliphatic rings. The summed E-state index contributed by atoms with van der Waals surface area (Å²) in [6, 6.07) is 0. The average molecular weight is 284 g/mol. The molecule has 1 fully saturated rings. The molecule has 0 saturated carbocycles. The highest BCUT2D eigenvalue weighted by Gasteiger charge is 2.30. The maximum atomic E-state index is 12.2. The van der Waals surface area contributed by atoms with Crippen LogP contribution in [-0.2, 0) is 19.1 Å². The van der Waals surface area contributed by atoms with Crippen LogP contribution >= 0.6 is 0 Å². The van der Waals surface area contributed by atoms with Crippen LogP contribution in [0.2, 0.25) is 0 Å². The second-order valence-corrected chi connectivity index (χ2v) is 5.52. The third-order valence-corrected chi connectivity index (χ3v) is 3.62. The maximum absolute atomic E-state index is 12.2. The maximum Gasteiger partial charge on any atom is 0.325 e. The lowest BCUT2D eigenvalue weighted by molar-refractivity contribution is -0.148. The minimum atomic E-state index is -0.423. The van der Waals surface area contributed by atoms with Gasteiger partial charge in [0.2, 0.25) is 11.8 Å². The number of likely N-dealkylation sites (N-methyl/N-ethyl adjacent to an activating group) is 1. The largest absolute Gasteiger partial charge is 0.468 e. The number of carbonyl (C=O) groups is 3. The predicted molar refractivity (Wildman–Crippen MR) is 73.8 cm³/mol. The summed E-state index contributed by atoms with van der Waals surface area (Å²) in [5, 5.41) is 0. The van der Waals surface area contributed by atoms with Crippen LogP contribution in [0.15, 0.2) is 0 Å². The summed E-state index contributed by atoms with van der Waals surface area (Å²) < 4.78 is 4.55. The van der Waals surface area contributed by atoms with Gasteiger partial charge in [0.05, 0.1) is 7.11 Å². The molecule has 0 aliphatic carbocycles. The number of ether oxygens (including phenoxy) is 1. The summed E-state index contributed by atoms with van der Waals surface area (Å²) in [4.78, 5) is 38.4. The summed E-state index contributed by atoms with van der Waals surface area (Å²) in [7, 11) is 2.90. The van der Waals surface area contributed by atoms with E-state index in [-0.39, 0.29) is 30.2 Å². The highest BCUT2D eigenvalue weighted by atomic mass is 16.5. The third kappa shape index (κ3) is 4.21. The van der Waals surface area contributed by atoms with Crippen molar-refractivity contribution in [2.75, 3.05) is 33.8 Å². The van der Waals surface area contributed by atoms with E-state index in [0.29, 0.717) is 25.9 Å². The third-order valence-electron chi connectivity index (χ3n) is 3.62. The molecule has 0 aromatic rings. The van der Waals surface area contributed by atoms with Crippen LogP contribution in [0.25, 0.3) is 0 Å². The van der Waals surface area contributed by atoms with Crippen molar-refractivity contribution >= 4 is 17.8 Å². The minimum absolute atomic E-state index is 0.00995. The first-order valence-corrected chi connectivity index (χ1v) is 6.97. The van der Waals surface area contributed by atoms with Crippen LogP contribution in [0.4, 0.5) is 0 Å². The second-order valence-electron chi connectivity index (χ2n) is 5.52. The molecule has 1 saturated heterocycles. The zero-order valence-electron chi connectivity index (χ0n) is 12.7. The molecule has 0 spiro atoms. The Kier molecular flexibility index (Phi) is 5.98. The molecule has 0 radical (unpaired) electrons. The highest BCUT2D eigenvalue weighted by Crippen LogP contribution is 2.20. The Labute approximate surface area is 120 Å². The van der Waals surface area contributed by atoms with Crippen molar-refractivity contribution in [3.05, 3.63) is 0 Å². The van der Waals surface area contributed by atoms with Gasteiger partial charge >= 0.3 is 5.97 Å². The highest BCUT2D eigenvalue weighted by molar-refractivity contribution is 5.84. The summed E-state index contributed by atoms with van der Waals surface area (Å²) >= 11 is 0. The van der Waals surface area contributed by atoms with E-state index in [0.717, 1.165) is 0 Å². The van der Waals surface area contributed by atoms with Crippen LogP contribution in [0.1, 0.15) is 26.7 Å². The van der Waals surface area contributed by atoms with Crippen molar-refractivity contribution in [3.8, 4) is 0 Å². The molecule has 0 aromatic heterocycles. The number of rotatable bonds is 4. The van der Waals surface area contributed by atoms with Gasteiger partial charge < -0.3 is 14.5 Å². The molecule has 114 valence electrons. The molecule has 0 N–H and O–H groups in total. The standard InChI is InChI=1S/C14H24N2O4/c1-10(2)13(18)16-7-5-11(6-8-16)14(19)15(3)9-12(17)20-4/h10-11H,5-9H2,1-4H3. The smallest absolute Gasteiger partial charge is 0.325 e. The number of amides is 2. The topological polar surface area (TPSA) is 66.9 Å². The van der Waals surface area contributed by atoms with Crippen molar-refractivity contribution in [2.24, 2.45) is 11.8 Å². The van der Waals surface area contributed by atoms with Crippen molar-refractivity contribution in [1.29, 1.82) is 0 Å². The van der Waals surface area contributed by atoms with Crippen molar-refractivity contribution < 1.29 is 19.1 Å². The number of hydrogen-bond donors (Lipinski definition) is 0. The lowest BCUT2D eigenvalue weighted by Gasteiger charge is -2.33. The molecule has 2 amide bonds. The van der Waals surface area contributed by atoms with Gasteiger partial charge in [-0.15, -0.1) is 0 Å².